The maximum absolute atomic E-state index is 13.3. The molecule has 0 radical (unpaired) electrons. The van der Waals surface area contributed by atoms with Crippen LogP contribution in [0.2, 0.25) is 0 Å². The van der Waals surface area contributed by atoms with Crippen LogP contribution in [0.15, 0.2) is 83.8 Å². The van der Waals surface area contributed by atoms with E-state index in [1.54, 1.807) is 36.4 Å². The van der Waals surface area contributed by atoms with Gasteiger partial charge in [-0.2, -0.15) is 4.31 Å². The normalized spacial score (nSPS) is 11.4. The molecule has 0 heterocycles. The lowest BCUT2D eigenvalue weighted by Crippen LogP contribution is -2.30. The van der Waals surface area contributed by atoms with E-state index in [0.29, 0.717) is 5.56 Å². The SMILES string of the molecule is O=C(O)c1ccc(S(=O)(=O)N(Cc2ccccc2)Cc2cccc(C(=O)O)c2)cc1. The Morgan fingerprint density at radius 3 is 1.87 bits per heavy atom. The average molecular weight is 425 g/mol. The van der Waals surface area contributed by atoms with Crippen molar-refractivity contribution in [2.75, 3.05) is 0 Å². The average Bonchev–Trinajstić information content (AvgIpc) is 2.74. The van der Waals surface area contributed by atoms with E-state index in [4.69, 9.17) is 5.11 Å². The minimum absolute atomic E-state index is 0.0160. The van der Waals surface area contributed by atoms with Crippen LogP contribution in [0.25, 0.3) is 0 Å². The number of hydrogen-bond acceptors (Lipinski definition) is 4. The van der Waals surface area contributed by atoms with Crippen molar-refractivity contribution in [2.45, 2.75) is 18.0 Å². The molecule has 0 amide bonds. The topological polar surface area (TPSA) is 112 Å². The first kappa shape index (κ1) is 21.2. The van der Waals surface area contributed by atoms with Crippen molar-refractivity contribution in [1.82, 2.24) is 4.31 Å². The molecule has 0 fully saturated rings. The van der Waals surface area contributed by atoms with Crippen molar-refractivity contribution in [3.63, 3.8) is 0 Å². The molecule has 154 valence electrons. The van der Waals surface area contributed by atoms with Crippen LogP contribution in [0, 0.1) is 0 Å². The lowest BCUT2D eigenvalue weighted by atomic mass is 10.1. The Morgan fingerprint density at radius 1 is 0.700 bits per heavy atom. The van der Waals surface area contributed by atoms with Crippen LogP contribution in [0.4, 0.5) is 0 Å². The molecule has 0 aliphatic rings. The molecule has 0 aliphatic carbocycles. The molecule has 0 saturated carbocycles. The maximum Gasteiger partial charge on any atom is 0.335 e. The second-order valence-corrected chi connectivity index (χ2v) is 8.53. The van der Waals surface area contributed by atoms with Crippen molar-refractivity contribution in [3.05, 3.63) is 101 Å². The van der Waals surface area contributed by atoms with Crippen LogP contribution in [0.1, 0.15) is 31.8 Å². The Morgan fingerprint density at radius 2 is 1.27 bits per heavy atom. The van der Waals surface area contributed by atoms with E-state index in [1.165, 1.54) is 40.7 Å². The van der Waals surface area contributed by atoms with Gasteiger partial charge in [-0.15, -0.1) is 0 Å². The number of benzene rings is 3. The molecule has 0 aromatic heterocycles. The van der Waals surface area contributed by atoms with Crippen molar-refractivity contribution >= 4 is 22.0 Å². The van der Waals surface area contributed by atoms with E-state index in [1.807, 2.05) is 6.07 Å². The molecule has 0 atom stereocenters. The van der Waals surface area contributed by atoms with Gasteiger partial charge in [0, 0.05) is 13.1 Å². The van der Waals surface area contributed by atoms with Gasteiger partial charge in [-0.05, 0) is 47.5 Å². The van der Waals surface area contributed by atoms with E-state index in [2.05, 4.69) is 0 Å². The summed E-state index contributed by atoms with van der Waals surface area (Å²) >= 11 is 0. The first-order valence-electron chi connectivity index (χ1n) is 8.97. The lowest BCUT2D eigenvalue weighted by molar-refractivity contribution is 0.0686. The van der Waals surface area contributed by atoms with Gasteiger partial charge >= 0.3 is 11.9 Å². The molecule has 0 bridgehead atoms. The zero-order valence-electron chi connectivity index (χ0n) is 15.8. The molecule has 3 aromatic rings. The molecule has 2 N–H and O–H groups in total. The molecule has 0 aliphatic heterocycles. The number of carboxylic acid groups (broad SMARTS) is 2. The van der Waals surface area contributed by atoms with Gasteiger partial charge in [-0.25, -0.2) is 18.0 Å². The first-order chi connectivity index (χ1) is 14.3. The molecule has 0 unspecified atom stereocenters. The van der Waals surface area contributed by atoms with Crippen molar-refractivity contribution in [3.8, 4) is 0 Å². The van der Waals surface area contributed by atoms with Gasteiger partial charge in [0.05, 0.1) is 16.0 Å². The first-order valence-corrected chi connectivity index (χ1v) is 10.4. The van der Waals surface area contributed by atoms with E-state index >= 15 is 0 Å². The third kappa shape index (κ3) is 4.91. The predicted octanol–water partition coefficient (Wildman–Crippen LogP) is 3.47. The summed E-state index contributed by atoms with van der Waals surface area (Å²) in [6, 6.07) is 20.1. The quantitative estimate of drug-likeness (QED) is 0.572. The number of carboxylic acids is 2. The van der Waals surface area contributed by atoms with E-state index in [-0.39, 0.29) is 29.1 Å². The standard InChI is InChI=1S/C22H19NO6S/c24-21(25)18-9-11-20(12-10-18)30(28,29)23(14-16-5-2-1-3-6-16)15-17-7-4-8-19(13-17)22(26)27/h1-13H,14-15H2,(H,24,25)(H,26,27). The second kappa shape index (κ2) is 8.89. The minimum atomic E-state index is -3.98. The Kier molecular flexibility index (Phi) is 6.29. The third-order valence-corrected chi connectivity index (χ3v) is 6.28. The summed E-state index contributed by atoms with van der Waals surface area (Å²) in [6.45, 7) is 0.0280. The molecule has 0 saturated heterocycles. The van der Waals surface area contributed by atoms with Crippen LogP contribution in [0.5, 0.6) is 0 Å². The largest absolute Gasteiger partial charge is 0.478 e. The summed E-state index contributed by atoms with van der Waals surface area (Å²) in [5.74, 6) is -2.25. The Labute approximate surface area is 173 Å². The van der Waals surface area contributed by atoms with Gasteiger partial charge in [0.15, 0.2) is 0 Å². The third-order valence-electron chi connectivity index (χ3n) is 4.47. The highest BCUT2D eigenvalue weighted by Gasteiger charge is 2.25. The van der Waals surface area contributed by atoms with Crippen molar-refractivity contribution in [1.29, 1.82) is 0 Å². The fraction of sp³-hybridized carbons (Fsp3) is 0.0909. The van der Waals surface area contributed by atoms with E-state index < -0.39 is 22.0 Å². The van der Waals surface area contributed by atoms with Gasteiger partial charge in [-0.3, -0.25) is 0 Å². The summed E-state index contributed by atoms with van der Waals surface area (Å²) in [5.41, 5.74) is 1.34. The van der Waals surface area contributed by atoms with E-state index in [9.17, 15) is 23.1 Å². The summed E-state index contributed by atoms with van der Waals surface area (Å²) in [7, 11) is -3.98. The van der Waals surface area contributed by atoms with Crippen LogP contribution >= 0.6 is 0 Å². The number of sulfonamides is 1. The zero-order chi connectivity index (χ0) is 21.7. The highest BCUT2D eigenvalue weighted by molar-refractivity contribution is 7.89. The smallest absolute Gasteiger partial charge is 0.335 e. The highest BCUT2D eigenvalue weighted by atomic mass is 32.2. The fourth-order valence-electron chi connectivity index (χ4n) is 2.94. The van der Waals surface area contributed by atoms with E-state index in [0.717, 1.165) is 5.56 Å². The molecular weight excluding hydrogens is 406 g/mol. The summed E-state index contributed by atoms with van der Waals surface area (Å²) in [6.07, 6.45) is 0. The van der Waals surface area contributed by atoms with Gasteiger partial charge < -0.3 is 10.2 Å². The van der Waals surface area contributed by atoms with Gasteiger partial charge in [0.2, 0.25) is 10.0 Å². The van der Waals surface area contributed by atoms with Crippen LogP contribution in [-0.2, 0) is 23.1 Å². The number of aromatic carboxylic acids is 2. The molecule has 30 heavy (non-hydrogen) atoms. The number of carbonyl (C=O) groups is 2. The predicted molar refractivity (Wildman–Crippen MR) is 110 cm³/mol. The Bertz CT molecular complexity index is 1160. The van der Waals surface area contributed by atoms with Gasteiger partial charge in [-0.1, -0.05) is 42.5 Å². The van der Waals surface area contributed by atoms with Crippen molar-refractivity contribution in [2.24, 2.45) is 0 Å². The summed E-state index contributed by atoms with van der Waals surface area (Å²) < 4.78 is 27.8. The molecule has 3 rings (SSSR count). The number of rotatable bonds is 8. The lowest BCUT2D eigenvalue weighted by Gasteiger charge is -2.23. The Hall–Kier alpha value is -3.49. The zero-order valence-corrected chi connectivity index (χ0v) is 16.6. The second-order valence-electron chi connectivity index (χ2n) is 6.59. The maximum atomic E-state index is 13.3. The fourth-order valence-corrected chi connectivity index (χ4v) is 4.35. The van der Waals surface area contributed by atoms with Gasteiger partial charge in [0.1, 0.15) is 0 Å². The molecular formula is C22H19NO6S. The molecule has 3 aromatic carbocycles. The van der Waals surface area contributed by atoms with Crippen LogP contribution < -0.4 is 0 Å². The van der Waals surface area contributed by atoms with Crippen LogP contribution in [0.3, 0.4) is 0 Å². The molecule has 0 spiro atoms. The Balaban J connectivity index is 1.98. The summed E-state index contributed by atoms with van der Waals surface area (Å²) in [4.78, 5) is 22.3. The van der Waals surface area contributed by atoms with Gasteiger partial charge in [0.25, 0.3) is 0 Å². The van der Waals surface area contributed by atoms with Crippen molar-refractivity contribution < 1.29 is 28.2 Å². The minimum Gasteiger partial charge on any atom is -0.478 e. The molecule has 7 nitrogen and oxygen atoms in total. The number of nitrogens with zero attached hydrogens (tertiary/aromatic N) is 1. The molecule has 8 heteroatoms. The highest BCUT2D eigenvalue weighted by Crippen LogP contribution is 2.22. The number of hydrogen-bond donors (Lipinski definition) is 2. The van der Waals surface area contributed by atoms with Crippen LogP contribution in [-0.4, -0.2) is 34.9 Å². The monoisotopic (exact) mass is 425 g/mol. The summed E-state index contributed by atoms with van der Waals surface area (Å²) in [5, 5.41) is 18.2.